The molecule has 3 N–H and O–H groups in total. The number of halogens is 2. The van der Waals surface area contributed by atoms with Gasteiger partial charge in [0.05, 0.1) is 28.4 Å². The number of sulfonamides is 1. The quantitative estimate of drug-likeness (QED) is 0.782. The molecule has 112 valence electrons. The molecule has 0 radical (unpaired) electrons. The van der Waals surface area contributed by atoms with Crippen molar-refractivity contribution >= 4 is 48.9 Å². The van der Waals surface area contributed by atoms with E-state index in [0.29, 0.717) is 26.6 Å². The number of hydrogen-bond donors (Lipinski definition) is 2. The van der Waals surface area contributed by atoms with Crippen LogP contribution in [-0.2, 0) is 10.0 Å². The molecule has 0 atom stereocenters. The predicted molar refractivity (Wildman–Crippen MR) is 87.4 cm³/mol. The molecule has 0 unspecified atom stereocenters. The highest BCUT2D eigenvalue weighted by molar-refractivity contribution is 9.10. The third kappa shape index (κ3) is 3.61. The van der Waals surface area contributed by atoms with E-state index in [2.05, 4.69) is 20.7 Å². The minimum atomic E-state index is -3.74. The van der Waals surface area contributed by atoms with Gasteiger partial charge in [-0.25, -0.2) is 8.42 Å². The normalized spacial score (nSPS) is 11.2. The molecule has 5 nitrogen and oxygen atoms in total. The van der Waals surface area contributed by atoms with E-state index in [1.54, 1.807) is 18.2 Å². The van der Waals surface area contributed by atoms with Crippen LogP contribution in [0, 0.1) is 0 Å². The van der Waals surface area contributed by atoms with E-state index in [1.807, 2.05) is 0 Å². The van der Waals surface area contributed by atoms with E-state index < -0.39 is 10.0 Å². The first-order chi connectivity index (χ1) is 9.83. The molecule has 0 spiro atoms. The fourth-order valence-electron chi connectivity index (χ4n) is 1.63. The molecule has 0 heterocycles. The second kappa shape index (κ2) is 6.13. The molecule has 2 aromatic rings. The third-order valence-corrected chi connectivity index (χ3v) is 5.28. The monoisotopic (exact) mass is 390 g/mol. The summed E-state index contributed by atoms with van der Waals surface area (Å²) in [6.07, 6.45) is 0. The average molecular weight is 392 g/mol. The summed E-state index contributed by atoms with van der Waals surface area (Å²) in [5.41, 5.74) is 6.43. The first-order valence-corrected chi connectivity index (χ1v) is 8.40. The Bertz CT molecular complexity index is 781. The predicted octanol–water partition coefficient (Wildman–Crippen LogP) is 3.49. The molecule has 0 saturated heterocycles. The SMILES string of the molecule is COc1cc(S(=O)(=O)Nc2ccc(Cl)c(Br)c2)ccc1N. The van der Waals surface area contributed by atoms with Crippen molar-refractivity contribution in [3.05, 3.63) is 45.9 Å². The molecular formula is C13H12BrClN2O3S. The molecule has 0 aliphatic heterocycles. The first-order valence-electron chi connectivity index (χ1n) is 5.75. The van der Waals surface area contributed by atoms with Crippen molar-refractivity contribution in [3.8, 4) is 5.75 Å². The van der Waals surface area contributed by atoms with E-state index in [4.69, 9.17) is 22.1 Å². The number of methoxy groups -OCH3 is 1. The van der Waals surface area contributed by atoms with Gasteiger partial charge >= 0.3 is 0 Å². The summed E-state index contributed by atoms with van der Waals surface area (Å²) in [4.78, 5) is 0.0552. The van der Waals surface area contributed by atoms with Gasteiger partial charge in [-0.1, -0.05) is 11.6 Å². The number of ether oxygens (including phenoxy) is 1. The fourth-order valence-corrected chi connectivity index (χ4v) is 3.19. The van der Waals surface area contributed by atoms with Gasteiger partial charge in [0.25, 0.3) is 10.0 Å². The zero-order valence-electron chi connectivity index (χ0n) is 10.9. The first kappa shape index (κ1) is 15.9. The average Bonchev–Trinajstić information content (AvgIpc) is 2.43. The molecule has 2 rings (SSSR count). The molecule has 0 aromatic heterocycles. The Morgan fingerprint density at radius 3 is 2.57 bits per heavy atom. The van der Waals surface area contributed by atoms with Gasteiger partial charge in [-0.3, -0.25) is 4.72 Å². The zero-order chi connectivity index (χ0) is 15.6. The molecule has 2 aromatic carbocycles. The van der Waals surface area contributed by atoms with Crippen molar-refractivity contribution in [1.29, 1.82) is 0 Å². The van der Waals surface area contributed by atoms with E-state index in [9.17, 15) is 8.42 Å². The third-order valence-electron chi connectivity index (χ3n) is 2.69. The van der Waals surface area contributed by atoms with Crippen molar-refractivity contribution in [2.75, 3.05) is 17.6 Å². The van der Waals surface area contributed by atoms with Gasteiger partial charge in [0.1, 0.15) is 5.75 Å². The summed E-state index contributed by atoms with van der Waals surface area (Å²) in [6.45, 7) is 0. The summed E-state index contributed by atoms with van der Waals surface area (Å²) in [5, 5.41) is 0.493. The lowest BCUT2D eigenvalue weighted by molar-refractivity contribution is 0.415. The van der Waals surface area contributed by atoms with Crippen LogP contribution in [0.1, 0.15) is 0 Å². The number of nitrogens with one attached hydrogen (secondary N) is 1. The van der Waals surface area contributed by atoms with Crippen LogP contribution in [0.3, 0.4) is 0 Å². The number of benzene rings is 2. The van der Waals surface area contributed by atoms with Crippen LogP contribution in [0.15, 0.2) is 45.8 Å². The van der Waals surface area contributed by atoms with Crippen LogP contribution < -0.4 is 15.2 Å². The maximum absolute atomic E-state index is 12.3. The van der Waals surface area contributed by atoms with E-state index in [-0.39, 0.29) is 4.90 Å². The largest absolute Gasteiger partial charge is 0.495 e. The topological polar surface area (TPSA) is 81.4 Å². The highest BCUT2D eigenvalue weighted by Gasteiger charge is 2.16. The molecule has 0 saturated carbocycles. The molecule has 0 fully saturated rings. The number of nitrogen functional groups attached to an aromatic ring is 1. The van der Waals surface area contributed by atoms with Crippen LogP contribution in [0.2, 0.25) is 5.02 Å². The second-order valence-corrected chi connectivity index (χ2v) is 7.08. The summed E-state index contributed by atoms with van der Waals surface area (Å²) >= 11 is 9.11. The lowest BCUT2D eigenvalue weighted by Gasteiger charge is -2.11. The number of anilines is 2. The number of rotatable bonds is 4. The van der Waals surface area contributed by atoms with Crippen LogP contribution in [0.5, 0.6) is 5.75 Å². The Morgan fingerprint density at radius 2 is 1.95 bits per heavy atom. The Morgan fingerprint density at radius 1 is 1.24 bits per heavy atom. The second-order valence-electron chi connectivity index (χ2n) is 4.14. The smallest absolute Gasteiger partial charge is 0.262 e. The molecule has 8 heteroatoms. The van der Waals surface area contributed by atoms with Gasteiger partial charge in [-0.05, 0) is 46.3 Å². The summed E-state index contributed by atoms with van der Waals surface area (Å²) in [7, 11) is -2.32. The van der Waals surface area contributed by atoms with Crippen molar-refractivity contribution in [2.45, 2.75) is 4.90 Å². The fraction of sp³-hybridized carbons (Fsp3) is 0.0769. The minimum absolute atomic E-state index is 0.0552. The molecule has 0 aliphatic rings. The van der Waals surface area contributed by atoms with Gasteiger partial charge < -0.3 is 10.5 Å². The van der Waals surface area contributed by atoms with Gasteiger partial charge in [0.2, 0.25) is 0 Å². The highest BCUT2D eigenvalue weighted by Crippen LogP contribution is 2.29. The van der Waals surface area contributed by atoms with Crippen LogP contribution in [-0.4, -0.2) is 15.5 Å². The van der Waals surface area contributed by atoms with Crippen LogP contribution in [0.25, 0.3) is 0 Å². The summed E-state index contributed by atoms with van der Waals surface area (Å²) in [6, 6.07) is 8.99. The Hall–Kier alpha value is -1.44. The lowest BCUT2D eigenvalue weighted by atomic mass is 10.3. The number of hydrogen-bond acceptors (Lipinski definition) is 4. The molecule has 0 aliphatic carbocycles. The van der Waals surface area contributed by atoms with Crippen molar-refractivity contribution < 1.29 is 13.2 Å². The highest BCUT2D eigenvalue weighted by atomic mass is 79.9. The Kier molecular flexibility index (Phi) is 4.65. The van der Waals surface area contributed by atoms with Gasteiger partial charge in [0, 0.05) is 10.5 Å². The van der Waals surface area contributed by atoms with Crippen LogP contribution >= 0.6 is 27.5 Å². The Labute approximate surface area is 136 Å². The molecule has 0 bridgehead atoms. The van der Waals surface area contributed by atoms with E-state index in [0.717, 1.165) is 0 Å². The van der Waals surface area contributed by atoms with Crippen molar-refractivity contribution in [2.24, 2.45) is 0 Å². The number of nitrogens with two attached hydrogens (primary N) is 1. The Balaban J connectivity index is 2.35. The maximum atomic E-state index is 12.3. The molecule has 0 amide bonds. The van der Waals surface area contributed by atoms with Crippen molar-refractivity contribution in [3.63, 3.8) is 0 Å². The minimum Gasteiger partial charge on any atom is -0.495 e. The van der Waals surface area contributed by atoms with Crippen molar-refractivity contribution in [1.82, 2.24) is 0 Å². The summed E-state index contributed by atoms with van der Waals surface area (Å²) in [5.74, 6) is 0.301. The molecular weight excluding hydrogens is 380 g/mol. The summed E-state index contributed by atoms with van der Waals surface area (Å²) < 4.78 is 32.7. The standard InChI is InChI=1S/C13H12BrClN2O3S/c1-20-13-7-9(3-5-12(13)16)21(18,19)17-8-2-4-11(15)10(14)6-8/h2-7,17H,16H2,1H3. The van der Waals surface area contributed by atoms with Gasteiger partial charge in [0.15, 0.2) is 0 Å². The van der Waals surface area contributed by atoms with E-state index >= 15 is 0 Å². The lowest BCUT2D eigenvalue weighted by Crippen LogP contribution is -2.13. The van der Waals surface area contributed by atoms with Crippen LogP contribution in [0.4, 0.5) is 11.4 Å². The van der Waals surface area contributed by atoms with E-state index in [1.165, 1.54) is 25.3 Å². The molecule has 21 heavy (non-hydrogen) atoms. The zero-order valence-corrected chi connectivity index (χ0v) is 14.1. The van der Waals surface area contributed by atoms with Gasteiger partial charge in [-0.2, -0.15) is 0 Å². The maximum Gasteiger partial charge on any atom is 0.262 e. The van der Waals surface area contributed by atoms with Gasteiger partial charge in [-0.15, -0.1) is 0 Å².